The van der Waals surface area contributed by atoms with E-state index < -0.39 is 10.2 Å². The number of nitrogens with zero attached hydrogens (tertiary/aromatic N) is 1. The number of nitrogens with two attached hydrogens (primary N) is 1. The van der Waals surface area contributed by atoms with E-state index in [1.807, 2.05) is 5.38 Å². The van der Waals surface area contributed by atoms with Crippen molar-refractivity contribution in [3.63, 3.8) is 0 Å². The molecule has 17 heavy (non-hydrogen) atoms. The Morgan fingerprint density at radius 2 is 2.41 bits per heavy atom. The summed E-state index contributed by atoms with van der Waals surface area (Å²) >= 11 is 1.47. The van der Waals surface area contributed by atoms with Gasteiger partial charge in [0.1, 0.15) is 0 Å². The first-order valence-electron chi connectivity index (χ1n) is 5.62. The minimum atomic E-state index is -3.41. The van der Waals surface area contributed by atoms with Gasteiger partial charge in [0.05, 0.1) is 5.69 Å². The Bertz CT molecular complexity index is 444. The van der Waals surface area contributed by atoms with Crippen molar-refractivity contribution >= 4 is 27.2 Å². The maximum absolute atomic E-state index is 12.1. The molecule has 1 aromatic rings. The molecule has 0 spiro atoms. The summed E-state index contributed by atoms with van der Waals surface area (Å²) in [6.07, 6.45) is 1.90. The van der Waals surface area contributed by atoms with Crippen LogP contribution in [0.5, 0.6) is 0 Å². The Kier molecular flexibility index (Phi) is 4.03. The number of thiophene rings is 1. The first-order valence-corrected chi connectivity index (χ1v) is 8.00. The van der Waals surface area contributed by atoms with E-state index in [0.717, 1.165) is 12.8 Å². The minimum Gasteiger partial charge on any atom is -0.330 e. The van der Waals surface area contributed by atoms with Gasteiger partial charge in [-0.1, -0.05) is 0 Å². The van der Waals surface area contributed by atoms with Gasteiger partial charge in [-0.15, -0.1) is 0 Å². The fourth-order valence-electron chi connectivity index (χ4n) is 1.97. The van der Waals surface area contributed by atoms with Crippen LogP contribution in [0.1, 0.15) is 12.8 Å². The van der Waals surface area contributed by atoms with Crippen LogP contribution in [0.15, 0.2) is 16.8 Å². The van der Waals surface area contributed by atoms with E-state index in [2.05, 4.69) is 4.72 Å². The molecule has 1 saturated heterocycles. The van der Waals surface area contributed by atoms with Crippen LogP contribution in [-0.2, 0) is 10.2 Å². The normalized spacial score (nSPS) is 22.5. The maximum atomic E-state index is 12.1. The van der Waals surface area contributed by atoms with Gasteiger partial charge in [0.25, 0.3) is 0 Å². The lowest BCUT2D eigenvalue weighted by Gasteiger charge is -2.31. The van der Waals surface area contributed by atoms with Crippen molar-refractivity contribution in [1.82, 2.24) is 4.31 Å². The van der Waals surface area contributed by atoms with E-state index in [4.69, 9.17) is 5.73 Å². The Morgan fingerprint density at radius 3 is 3.06 bits per heavy atom. The zero-order chi connectivity index (χ0) is 12.3. The van der Waals surface area contributed by atoms with E-state index in [9.17, 15) is 8.42 Å². The molecule has 2 rings (SSSR count). The van der Waals surface area contributed by atoms with Crippen LogP contribution in [-0.4, -0.2) is 32.4 Å². The Labute approximate surface area is 106 Å². The fourth-order valence-corrected chi connectivity index (χ4v) is 3.97. The molecule has 0 aromatic carbocycles. The summed E-state index contributed by atoms with van der Waals surface area (Å²) in [5.41, 5.74) is 6.23. The number of rotatable bonds is 4. The molecule has 96 valence electrons. The van der Waals surface area contributed by atoms with Gasteiger partial charge in [-0.2, -0.15) is 24.1 Å². The Morgan fingerprint density at radius 1 is 1.59 bits per heavy atom. The average molecular weight is 275 g/mol. The van der Waals surface area contributed by atoms with Gasteiger partial charge in [0, 0.05) is 18.5 Å². The third-order valence-corrected chi connectivity index (χ3v) is 5.11. The molecule has 1 aromatic heterocycles. The number of hydrogen-bond acceptors (Lipinski definition) is 4. The van der Waals surface area contributed by atoms with Crippen molar-refractivity contribution in [3.8, 4) is 0 Å². The van der Waals surface area contributed by atoms with Gasteiger partial charge in [-0.25, -0.2) is 0 Å². The van der Waals surface area contributed by atoms with E-state index in [0.29, 0.717) is 25.3 Å². The molecular weight excluding hydrogens is 258 g/mol. The summed E-state index contributed by atoms with van der Waals surface area (Å²) in [6, 6.07) is 1.76. The van der Waals surface area contributed by atoms with Crippen molar-refractivity contribution in [2.24, 2.45) is 11.7 Å². The van der Waals surface area contributed by atoms with E-state index in [1.54, 1.807) is 11.4 Å². The van der Waals surface area contributed by atoms with Crippen LogP contribution in [0.3, 0.4) is 0 Å². The first kappa shape index (κ1) is 12.8. The lowest BCUT2D eigenvalue weighted by molar-refractivity contribution is 0.273. The zero-order valence-electron chi connectivity index (χ0n) is 9.50. The highest BCUT2D eigenvalue weighted by Gasteiger charge is 2.28. The van der Waals surface area contributed by atoms with Gasteiger partial charge in [-0.3, -0.25) is 4.72 Å². The molecule has 1 aliphatic heterocycles. The topological polar surface area (TPSA) is 75.4 Å². The number of nitrogens with one attached hydrogen (secondary N) is 1. The summed E-state index contributed by atoms with van der Waals surface area (Å²) in [6.45, 7) is 1.65. The highest BCUT2D eigenvalue weighted by molar-refractivity contribution is 7.90. The largest absolute Gasteiger partial charge is 0.330 e. The molecule has 7 heteroatoms. The summed E-state index contributed by atoms with van der Waals surface area (Å²) < 4.78 is 28.3. The van der Waals surface area contributed by atoms with Crippen LogP contribution in [0.2, 0.25) is 0 Å². The van der Waals surface area contributed by atoms with Crippen molar-refractivity contribution in [1.29, 1.82) is 0 Å². The monoisotopic (exact) mass is 275 g/mol. The summed E-state index contributed by atoms with van der Waals surface area (Å²) in [7, 11) is -3.41. The SMILES string of the molecule is NCC1CCCN(S(=O)(=O)Nc2ccsc2)C1. The van der Waals surface area contributed by atoms with Gasteiger partial charge in [-0.05, 0) is 36.8 Å². The molecule has 1 atom stereocenters. The molecule has 5 nitrogen and oxygen atoms in total. The molecule has 0 bridgehead atoms. The van der Waals surface area contributed by atoms with Crippen LogP contribution < -0.4 is 10.5 Å². The zero-order valence-corrected chi connectivity index (χ0v) is 11.1. The predicted octanol–water partition coefficient (Wildman–Crippen LogP) is 1.08. The molecule has 0 amide bonds. The molecule has 3 N–H and O–H groups in total. The van der Waals surface area contributed by atoms with Crippen LogP contribution in [0.25, 0.3) is 0 Å². The second-order valence-electron chi connectivity index (χ2n) is 4.22. The van der Waals surface area contributed by atoms with Crippen molar-refractivity contribution < 1.29 is 8.42 Å². The van der Waals surface area contributed by atoms with Gasteiger partial charge in [0.15, 0.2) is 0 Å². The summed E-state index contributed by atoms with van der Waals surface area (Å²) in [5, 5.41) is 3.62. The van der Waals surface area contributed by atoms with Crippen molar-refractivity contribution in [2.75, 3.05) is 24.4 Å². The molecule has 1 aliphatic rings. The van der Waals surface area contributed by atoms with Gasteiger partial charge >= 0.3 is 10.2 Å². The van der Waals surface area contributed by atoms with Crippen molar-refractivity contribution in [2.45, 2.75) is 12.8 Å². The van der Waals surface area contributed by atoms with Crippen molar-refractivity contribution in [3.05, 3.63) is 16.8 Å². The molecule has 1 fully saturated rings. The molecule has 0 saturated carbocycles. The number of anilines is 1. The second kappa shape index (κ2) is 5.34. The maximum Gasteiger partial charge on any atom is 0.301 e. The third kappa shape index (κ3) is 3.19. The van der Waals surface area contributed by atoms with Crippen LogP contribution in [0.4, 0.5) is 5.69 Å². The minimum absolute atomic E-state index is 0.280. The van der Waals surface area contributed by atoms with E-state index >= 15 is 0 Å². The molecule has 2 heterocycles. The third-order valence-electron chi connectivity index (χ3n) is 2.92. The predicted molar refractivity (Wildman–Crippen MR) is 70.2 cm³/mol. The lowest BCUT2D eigenvalue weighted by Crippen LogP contribution is -2.44. The highest BCUT2D eigenvalue weighted by atomic mass is 32.2. The Hall–Kier alpha value is -0.630. The standard InChI is InChI=1S/C10H17N3O2S2/c11-6-9-2-1-4-13(7-9)17(14,15)12-10-3-5-16-8-10/h3,5,8-9,12H,1-2,4,6-7,11H2. The Balaban J connectivity index is 2.04. The first-order chi connectivity index (χ1) is 8.12. The average Bonchev–Trinajstić information content (AvgIpc) is 2.81. The number of piperidine rings is 1. The van der Waals surface area contributed by atoms with Crippen LogP contribution in [0, 0.1) is 5.92 Å². The molecule has 0 aliphatic carbocycles. The second-order valence-corrected chi connectivity index (χ2v) is 6.67. The number of hydrogen-bond donors (Lipinski definition) is 2. The quantitative estimate of drug-likeness (QED) is 0.863. The lowest BCUT2D eigenvalue weighted by atomic mass is 10.0. The van der Waals surface area contributed by atoms with E-state index in [1.165, 1.54) is 15.6 Å². The smallest absolute Gasteiger partial charge is 0.301 e. The van der Waals surface area contributed by atoms with Gasteiger partial charge < -0.3 is 5.73 Å². The van der Waals surface area contributed by atoms with E-state index in [-0.39, 0.29) is 5.92 Å². The summed E-state index contributed by atoms with van der Waals surface area (Å²) in [4.78, 5) is 0. The molecular formula is C10H17N3O2S2. The molecule has 1 unspecified atom stereocenters. The summed E-state index contributed by atoms with van der Waals surface area (Å²) in [5.74, 6) is 0.280. The fraction of sp³-hybridized carbons (Fsp3) is 0.600. The van der Waals surface area contributed by atoms with Crippen LogP contribution >= 0.6 is 11.3 Å². The molecule has 0 radical (unpaired) electrons. The van der Waals surface area contributed by atoms with Gasteiger partial charge in [0.2, 0.25) is 0 Å². The highest BCUT2D eigenvalue weighted by Crippen LogP contribution is 2.21.